The van der Waals surface area contributed by atoms with Crippen LogP contribution in [0.4, 0.5) is 13.2 Å². The summed E-state index contributed by atoms with van der Waals surface area (Å²) in [6.45, 7) is 0.258. The lowest BCUT2D eigenvalue weighted by molar-refractivity contribution is -0.192. The second-order valence-electron chi connectivity index (χ2n) is 3.26. The lowest BCUT2D eigenvalue weighted by Crippen LogP contribution is -2.29. The van der Waals surface area contributed by atoms with Gasteiger partial charge >= 0.3 is 22.4 Å². The first-order valence-electron chi connectivity index (χ1n) is 4.75. The summed E-state index contributed by atoms with van der Waals surface area (Å²) >= 11 is 0. The summed E-state index contributed by atoms with van der Waals surface area (Å²) in [7, 11) is -3.51. The van der Waals surface area contributed by atoms with Gasteiger partial charge in [0.05, 0.1) is 6.61 Å². The third-order valence-electron chi connectivity index (χ3n) is 1.49. The van der Waals surface area contributed by atoms with E-state index in [2.05, 4.69) is 8.91 Å². The molecule has 1 rings (SSSR count). The second-order valence-corrected chi connectivity index (χ2v) is 4.64. The molecule has 0 amide bonds. The number of halogens is 3. The first-order chi connectivity index (χ1) is 8.08. The van der Waals surface area contributed by atoms with E-state index in [-0.39, 0.29) is 19.2 Å². The monoisotopic (exact) mass is 294 g/mol. The minimum Gasteiger partial charge on any atom is -0.475 e. The summed E-state index contributed by atoms with van der Waals surface area (Å²) in [6, 6.07) is 0.0952. The van der Waals surface area contributed by atoms with E-state index in [4.69, 9.17) is 15.6 Å². The first-order valence-corrected chi connectivity index (χ1v) is 6.16. The molecule has 0 saturated heterocycles. The van der Waals surface area contributed by atoms with Crippen molar-refractivity contribution in [3.63, 3.8) is 0 Å². The minimum absolute atomic E-state index is 0.0437. The highest BCUT2D eigenvalue weighted by molar-refractivity contribution is 7.84. The van der Waals surface area contributed by atoms with Crippen LogP contribution in [0.1, 0.15) is 12.8 Å². The van der Waals surface area contributed by atoms with Crippen LogP contribution in [-0.4, -0.2) is 44.9 Å². The molecule has 7 nitrogen and oxygen atoms in total. The van der Waals surface area contributed by atoms with Crippen LogP contribution < -0.4 is 10.5 Å². The third kappa shape index (κ3) is 9.15. The largest absolute Gasteiger partial charge is 0.490 e. The van der Waals surface area contributed by atoms with Gasteiger partial charge in [0.25, 0.3) is 0 Å². The van der Waals surface area contributed by atoms with Crippen molar-refractivity contribution in [3.05, 3.63) is 0 Å². The van der Waals surface area contributed by atoms with Gasteiger partial charge in [0.2, 0.25) is 0 Å². The van der Waals surface area contributed by atoms with Crippen molar-refractivity contribution < 1.29 is 35.7 Å². The Hall–Kier alpha value is -0.910. The number of hydrogen-bond acceptors (Lipinski definition) is 5. The standard InChI is InChI=1S/C5H12N2O3S.C2HF3O2/c6-3-4-10-11(8,9)7-5-1-2-5;3-2(4,5)1(6)7/h5,7H,1-4,6H2;(H,6,7). The Labute approximate surface area is 101 Å². The van der Waals surface area contributed by atoms with Gasteiger partial charge in [-0.15, -0.1) is 0 Å². The van der Waals surface area contributed by atoms with Crippen LogP contribution in [0.25, 0.3) is 0 Å². The molecular formula is C7H13F3N2O5S. The molecule has 1 aliphatic rings. The zero-order chi connectivity index (χ0) is 14.4. The van der Waals surface area contributed by atoms with Crippen LogP contribution in [0.3, 0.4) is 0 Å². The van der Waals surface area contributed by atoms with E-state index in [1.54, 1.807) is 0 Å². The summed E-state index contributed by atoms with van der Waals surface area (Å²) in [6.07, 6.45) is -3.27. The van der Waals surface area contributed by atoms with Gasteiger partial charge in [-0.05, 0) is 12.8 Å². The number of hydrogen-bond donors (Lipinski definition) is 3. The van der Waals surface area contributed by atoms with Gasteiger partial charge in [-0.1, -0.05) is 0 Å². The molecule has 0 heterocycles. The maximum Gasteiger partial charge on any atom is 0.490 e. The van der Waals surface area contributed by atoms with E-state index in [0.29, 0.717) is 0 Å². The predicted molar refractivity (Wildman–Crippen MR) is 53.8 cm³/mol. The van der Waals surface area contributed by atoms with E-state index in [1.807, 2.05) is 0 Å². The van der Waals surface area contributed by atoms with Crippen LogP contribution in [0.15, 0.2) is 0 Å². The molecule has 1 aliphatic carbocycles. The topological polar surface area (TPSA) is 119 Å². The van der Waals surface area contributed by atoms with Crippen LogP contribution in [-0.2, 0) is 19.3 Å². The van der Waals surface area contributed by atoms with Crippen molar-refractivity contribution in [2.75, 3.05) is 13.2 Å². The van der Waals surface area contributed by atoms with E-state index in [1.165, 1.54) is 0 Å². The number of aliphatic carboxylic acids is 1. The fraction of sp³-hybridized carbons (Fsp3) is 0.857. The molecule has 0 atom stereocenters. The predicted octanol–water partition coefficient (Wildman–Crippen LogP) is -0.408. The van der Waals surface area contributed by atoms with E-state index in [9.17, 15) is 21.6 Å². The number of nitrogens with one attached hydrogen (secondary N) is 1. The molecule has 108 valence electrons. The number of carboxylic acids is 1. The van der Waals surface area contributed by atoms with Crippen LogP contribution in [0.2, 0.25) is 0 Å². The smallest absolute Gasteiger partial charge is 0.475 e. The highest BCUT2D eigenvalue weighted by Crippen LogP contribution is 2.19. The van der Waals surface area contributed by atoms with Crippen molar-refractivity contribution in [2.24, 2.45) is 5.73 Å². The van der Waals surface area contributed by atoms with Gasteiger partial charge in [0.15, 0.2) is 0 Å². The summed E-state index contributed by atoms with van der Waals surface area (Å²) in [5.41, 5.74) is 5.06. The van der Waals surface area contributed by atoms with Gasteiger partial charge < -0.3 is 10.8 Å². The maximum atomic E-state index is 10.9. The molecule has 0 spiro atoms. The van der Waals surface area contributed by atoms with Crippen molar-refractivity contribution in [1.29, 1.82) is 0 Å². The van der Waals surface area contributed by atoms with Crippen molar-refractivity contribution in [3.8, 4) is 0 Å². The Bertz CT molecular complexity index is 366. The molecule has 4 N–H and O–H groups in total. The fourth-order valence-electron chi connectivity index (χ4n) is 0.597. The molecule has 1 fully saturated rings. The fourth-order valence-corrected chi connectivity index (χ4v) is 1.62. The molecular weight excluding hydrogens is 281 g/mol. The number of carbonyl (C=O) groups is 1. The van der Waals surface area contributed by atoms with Gasteiger partial charge in [-0.25, -0.2) is 4.79 Å². The van der Waals surface area contributed by atoms with Gasteiger partial charge in [-0.2, -0.15) is 26.3 Å². The second kappa shape index (κ2) is 6.87. The SMILES string of the molecule is NCCOS(=O)(=O)NC1CC1.O=C(O)C(F)(F)F. The van der Waals surface area contributed by atoms with Gasteiger partial charge in [-0.3, -0.25) is 4.18 Å². The molecule has 18 heavy (non-hydrogen) atoms. The Morgan fingerprint density at radius 3 is 2.17 bits per heavy atom. The third-order valence-corrected chi connectivity index (χ3v) is 2.59. The average Bonchev–Trinajstić information content (AvgIpc) is 2.97. The maximum absolute atomic E-state index is 10.9. The van der Waals surface area contributed by atoms with E-state index < -0.39 is 22.4 Å². The average molecular weight is 294 g/mol. The quantitative estimate of drug-likeness (QED) is 0.634. The zero-order valence-electron chi connectivity index (χ0n) is 9.11. The van der Waals surface area contributed by atoms with E-state index >= 15 is 0 Å². The normalized spacial score (nSPS) is 15.8. The van der Waals surface area contributed by atoms with Crippen molar-refractivity contribution in [2.45, 2.75) is 25.1 Å². The van der Waals surface area contributed by atoms with Crippen molar-refractivity contribution in [1.82, 2.24) is 4.72 Å². The van der Waals surface area contributed by atoms with Gasteiger partial charge in [0, 0.05) is 12.6 Å². The minimum atomic E-state index is -5.08. The summed E-state index contributed by atoms with van der Waals surface area (Å²) in [4.78, 5) is 8.90. The number of carboxylic acid groups (broad SMARTS) is 1. The molecule has 11 heteroatoms. The Morgan fingerprint density at radius 2 is 1.89 bits per heavy atom. The molecule has 0 aromatic heterocycles. The lowest BCUT2D eigenvalue weighted by atomic mass is 10.7. The molecule has 0 radical (unpaired) electrons. The van der Waals surface area contributed by atoms with Gasteiger partial charge in [0.1, 0.15) is 0 Å². The number of rotatable bonds is 5. The molecule has 1 saturated carbocycles. The molecule has 0 unspecified atom stereocenters. The Kier molecular flexibility index (Phi) is 6.52. The molecule has 0 aliphatic heterocycles. The zero-order valence-corrected chi connectivity index (χ0v) is 9.92. The van der Waals surface area contributed by atoms with Crippen molar-refractivity contribution >= 4 is 16.3 Å². The van der Waals surface area contributed by atoms with Crippen LogP contribution in [0, 0.1) is 0 Å². The number of alkyl halides is 3. The highest BCUT2D eigenvalue weighted by atomic mass is 32.2. The first kappa shape index (κ1) is 17.1. The van der Waals surface area contributed by atoms with Crippen LogP contribution >= 0.6 is 0 Å². The van der Waals surface area contributed by atoms with Crippen LogP contribution in [0.5, 0.6) is 0 Å². The lowest BCUT2D eigenvalue weighted by Gasteiger charge is -2.03. The Balaban J connectivity index is 0.000000360. The molecule has 0 aromatic carbocycles. The molecule has 0 bridgehead atoms. The Morgan fingerprint density at radius 1 is 1.44 bits per heavy atom. The summed E-state index contributed by atoms with van der Waals surface area (Å²) in [5, 5.41) is 7.12. The summed E-state index contributed by atoms with van der Waals surface area (Å²) in [5.74, 6) is -2.76. The molecule has 0 aromatic rings. The highest BCUT2D eigenvalue weighted by Gasteiger charge is 2.38. The number of nitrogens with two attached hydrogens (primary N) is 1. The summed E-state index contributed by atoms with van der Waals surface area (Å²) < 4.78 is 60.3. The van der Waals surface area contributed by atoms with E-state index in [0.717, 1.165) is 12.8 Å².